The molecule has 0 bridgehead atoms. The zero-order valence-electron chi connectivity index (χ0n) is 17.5. The Balaban J connectivity index is 1.35. The Morgan fingerprint density at radius 1 is 0.545 bits per heavy atom. The first-order valence-corrected chi connectivity index (χ1v) is 11.0. The maximum absolute atomic E-state index is 12.4. The smallest absolute Gasteiger partial charge is 0.257 e. The van der Waals surface area contributed by atoms with Gasteiger partial charge in [-0.1, -0.05) is 71.7 Å². The number of carbonyl (C=O) groups excluding carboxylic acids is 2. The van der Waals surface area contributed by atoms with Crippen molar-refractivity contribution in [3.63, 3.8) is 0 Å². The van der Waals surface area contributed by atoms with Crippen molar-refractivity contribution in [3.8, 4) is 0 Å². The molecule has 4 aromatic rings. The van der Waals surface area contributed by atoms with Crippen LogP contribution < -0.4 is 10.6 Å². The summed E-state index contributed by atoms with van der Waals surface area (Å²) >= 11 is 12.2. The van der Waals surface area contributed by atoms with Gasteiger partial charge in [-0.15, -0.1) is 0 Å². The molecule has 0 atom stereocenters. The molecule has 0 fully saturated rings. The molecule has 0 spiro atoms. The molecule has 0 saturated carbocycles. The van der Waals surface area contributed by atoms with Crippen LogP contribution in [0.1, 0.15) is 31.8 Å². The van der Waals surface area contributed by atoms with E-state index in [2.05, 4.69) is 10.6 Å². The second-order valence-electron chi connectivity index (χ2n) is 7.44. The van der Waals surface area contributed by atoms with Crippen LogP contribution in [0, 0.1) is 0 Å². The Morgan fingerprint density at radius 3 is 1.27 bits per heavy atom. The van der Waals surface area contributed by atoms with Crippen molar-refractivity contribution in [3.05, 3.63) is 129 Å². The maximum Gasteiger partial charge on any atom is 0.257 e. The molecule has 0 aliphatic carbocycles. The van der Waals surface area contributed by atoms with Crippen molar-refractivity contribution in [2.75, 3.05) is 10.6 Å². The van der Waals surface area contributed by atoms with Gasteiger partial charge < -0.3 is 10.6 Å². The molecule has 0 aliphatic heterocycles. The van der Waals surface area contributed by atoms with Crippen molar-refractivity contribution in [1.29, 1.82) is 0 Å². The predicted molar refractivity (Wildman–Crippen MR) is 135 cm³/mol. The Labute approximate surface area is 202 Å². The number of carbonyl (C=O) groups is 2. The van der Waals surface area contributed by atoms with E-state index in [9.17, 15) is 9.59 Å². The molecule has 0 heterocycles. The standard InChI is InChI=1S/C27H20Cl2N2O2/c28-24-7-3-1-5-22(24)26(32)30-20-13-9-18(10-14-20)17-19-11-15-21(16-12-19)31-27(33)23-6-2-4-8-25(23)29/h1-16H,17H2,(H,30,32)(H,31,33). The van der Waals surface area contributed by atoms with Gasteiger partial charge in [0.15, 0.2) is 0 Å². The molecule has 0 aromatic heterocycles. The van der Waals surface area contributed by atoms with Crippen LogP contribution in [0.25, 0.3) is 0 Å². The topological polar surface area (TPSA) is 58.2 Å². The first kappa shape index (κ1) is 22.6. The van der Waals surface area contributed by atoms with Crippen molar-refractivity contribution in [1.82, 2.24) is 0 Å². The van der Waals surface area contributed by atoms with Gasteiger partial charge in [0.1, 0.15) is 0 Å². The third-order valence-electron chi connectivity index (χ3n) is 5.07. The van der Waals surface area contributed by atoms with Gasteiger partial charge in [-0.05, 0) is 66.1 Å². The highest BCUT2D eigenvalue weighted by atomic mass is 35.5. The molecule has 2 N–H and O–H groups in total. The van der Waals surface area contributed by atoms with Gasteiger partial charge in [0.2, 0.25) is 0 Å². The van der Waals surface area contributed by atoms with E-state index in [1.807, 2.05) is 48.5 Å². The molecule has 6 heteroatoms. The SMILES string of the molecule is O=C(Nc1ccc(Cc2ccc(NC(=O)c3ccccc3Cl)cc2)cc1)c1ccccc1Cl. The Morgan fingerprint density at radius 2 is 0.909 bits per heavy atom. The summed E-state index contributed by atoms with van der Waals surface area (Å²) in [4.78, 5) is 24.8. The van der Waals surface area contributed by atoms with E-state index in [1.165, 1.54) is 0 Å². The maximum atomic E-state index is 12.4. The van der Waals surface area contributed by atoms with Gasteiger partial charge in [-0.2, -0.15) is 0 Å². The minimum atomic E-state index is -0.247. The van der Waals surface area contributed by atoms with Crippen LogP contribution in [0.5, 0.6) is 0 Å². The number of amides is 2. The third-order valence-corrected chi connectivity index (χ3v) is 5.73. The van der Waals surface area contributed by atoms with E-state index in [4.69, 9.17) is 23.2 Å². The lowest BCUT2D eigenvalue weighted by atomic mass is 10.0. The molecular weight excluding hydrogens is 455 g/mol. The van der Waals surface area contributed by atoms with E-state index in [-0.39, 0.29) is 11.8 Å². The highest BCUT2D eigenvalue weighted by Gasteiger charge is 2.11. The van der Waals surface area contributed by atoms with Crippen molar-refractivity contribution in [2.24, 2.45) is 0 Å². The van der Waals surface area contributed by atoms with Crippen LogP contribution in [0.2, 0.25) is 10.0 Å². The summed E-state index contributed by atoms with van der Waals surface area (Å²) in [5.41, 5.74) is 4.45. The number of rotatable bonds is 6. The second kappa shape index (κ2) is 10.3. The lowest BCUT2D eigenvalue weighted by Gasteiger charge is -2.09. The number of halogens is 2. The van der Waals surface area contributed by atoms with Crippen LogP contribution >= 0.6 is 23.2 Å². The van der Waals surface area contributed by atoms with Crippen molar-refractivity contribution in [2.45, 2.75) is 6.42 Å². The monoisotopic (exact) mass is 474 g/mol. The minimum absolute atomic E-state index is 0.247. The quantitative estimate of drug-likeness (QED) is 0.313. The van der Waals surface area contributed by atoms with Crippen LogP contribution in [-0.4, -0.2) is 11.8 Å². The molecule has 2 amide bonds. The zero-order valence-corrected chi connectivity index (χ0v) is 19.0. The number of benzene rings is 4. The van der Waals surface area contributed by atoms with Gasteiger partial charge in [-0.3, -0.25) is 9.59 Å². The minimum Gasteiger partial charge on any atom is -0.322 e. The fourth-order valence-corrected chi connectivity index (χ4v) is 3.78. The lowest BCUT2D eigenvalue weighted by molar-refractivity contribution is 0.101. The van der Waals surface area contributed by atoms with Gasteiger partial charge in [0.25, 0.3) is 11.8 Å². The summed E-state index contributed by atoms with van der Waals surface area (Å²) < 4.78 is 0. The first-order chi connectivity index (χ1) is 16.0. The largest absolute Gasteiger partial charge is 0.322 e. The third kappa shape index (κ3) is 5.80. The zero-order chi connectivity index (χ0) is 23.2. The predicted octanol–water partition coefficient (Wildman–Crippen LogP) is 7.09. The Hall–Kier alpha value is -3.60. The average Bonchev–Trinajstić information content (AvgIpc) is 2.82. The second-order valence-corrected chi connectivity index (χ2v) is 8.25. The first-order valence-electron chi connectivity index (χ1n) is 10.3. The van der Waals surface area contributed by atoms with Crippen LogP contribution in [0.4, 0.5) is 11.4 Å². The fourth-order valence-electron chi connectivity index (χ4n) is 3.34. The summed E-state index contributed by atoms with van der Waals surface area (Å²) in [5.74, 6) is -0.495. The summed E-state index contributed by atoms with van der Waals surface area (Å²) in [6, 6.07) is 29.2. The van der Waals surface area contributed by atoms with Crippen molar-refractivity contribution < 1.29 is 9.59 Å². The van der Waals surface area contributed by atoms with E-state index in [0.29, 0.717) is 32.5 Å². The Bertz CT molecular complexity index is 1190. The van der Waals surface area contributed by atoms with Crippen molar-refractivity contribution >= 4 is 46.4 Å². The molecule has 33 heavy (non-hydrogen) atoms. The van der Waals surface area contributed by atoms with Gasteiger partial charge in [-0.25, -0.2) is 0 Å². The molecular formula is C27H20Cl2N2O2. The van der Waals surface area contributed by atoms with E-state index in [1.54, 1.807) is 48.5 Å². The Kier molecular flexibility index (Phi) is 7.08. The summed E-state index contributed by atoms with van der Waals surface area (Å²) in [7, 11) is 0. The average molecular weight is 475 g/mol. The highest BCUT2D eigenvalue weighted by Crippen LogP contribution is 2.20. The van der Waals surface area contributed by atoms with Crippen LogP contribution in [0.3, 0.4) is 0 Å². The molecule has 0 unspecified atom stereocenters. The summed E-state index contributed by atoms with van der Waals surface area (Å²) in [6.07, 6.45) is 0.720. The lowest BCUT2D eigenvalue weighted by Crippen LogP contribution is -2.12. The molecule has 0 aliphatic rings. The van der Waals surface area contributed by atoms with E-state index in [0.717, 1.165) is 17.5 Å². The van der Waals surface area contributed by atoms with Crippen LogP contribution in [-0.2, 0) is 6.42 Å². The van der Waals surface area contributed by atoms with Gasteiger partial charge >= 0.3 is 0 Å². The normalized spacial score (nSPS) is 10.5. The number of anilines is 2. The highest BCUT2D eigenvalue weighted by molar-refractivity contribution is 6.34. The number of nitrogens with one attached hydrogen (secondary N) is 2. The summed E-state index contributed by atoms with van der Waals surface area (Å²) in [6.45, 7) is 0. The summed E-state index contributed by atoms with van der Waals surface area (Å²) in [5, 5.41) is 6.55. The fraction of sp³-hybridized carbons (Fsp3) is 0.0370. The van der Waals surface area contributed by atoms with Gasteiger partial charge in [0, 0.05) is 11.4 Å². The molecule has 4 nitrogen and oxygen atoms in total. The molecule has 4 aromatic carbocycles. The molecule has 164 valence electrons. The van der Waals surface area contributed by atoms with E-state index < -0.39 is 0 Å². The number of hydrogen-bond donors (Lipinski definition) is 2. The van der Waals surface area contributed by atoms with Gasteiger partial charge in [0.05, 0.1) is 21.2 Å². The van der Waals surface area contributed by atoms with E-state index >= 15 is 0 Å². The van der Waals surface area contributed by atoms with Crippen LogP contribution in [0.15, 0.2) is 97.1 Å². The molecule has 0 radical (unpaired) electrons. The molecule has 0 saturated heterocycles. The molecule has 4 rings (SSSR count). The number of hydrogen-bond acceptors (Lipinski definition) is 2.